The molecule has 0 aliphatic rings. The maximum Gasteiger partial charge on any atom is 1.00 e. The van der Waals surface area contributed by atoms with Crippen LogP contribution < -0.4 is 56.7 Å². The normalized spacial score (nSPS) is 10.4. The quantitative estimate of drug-likeness (QED) is 0.347. The van der Waals surface area contributed by atoms with Crippen LogP contribution in [0.2, 0.25) is 0 Å². The van der Waals surface area contributed by atoms with Gasteiger partial charge in [0, 0.05) is 24.7 Å². The summed E-state index contributed by atoms with van der Waals surface area (Å²) in [5.41, 5.74) is 0.396. The number of nitrogens with one attached hydrogen (secondary N) is 1. The minimum absolute atomic E-state index is 0. The van der Waals surface area contributed by atoms with Gasteiger partial charge in [-0.25, -0.2) is 8.42 Å². The molecule has 1 rings (SSSR count). The van der Waals surface area contributed by atoms with Gasteiger partial charge in [0.15, 0.2) is 0 Å². The van der Waals surface area contributed by atoms with E-state index in [1.54, 1.807) is 18.3 Å². The Bertz CT molecular complexity index is 449. The van der Waals surface area contributed by atoms with Gasteiger partial charge >= 0.3 is 51.4 Å². The maximum atomic E-state index is 11.4. The van der Waals surface area contributed by atoms with Crippen LogP contribution in [0, 0.1) is 0 Å². The Balaban J connectivity index is 0.00000256. The van der Waals surface area contributed by atoms with Gasteiger partial charge in [0.05, 0.1) is 15.7 Å². The molecule has 0 atom stereocenters. The fourth-order valence-corrected chi connectivity index (χ4v) is 1.55. The molecule has 0 radical (unpaired) electrons. The van der Waals surface area contributed by atoms with E-state index in [9.17, 15) is 17.8 Å². The van der Waals surface area contributed by atoms with Crippen LogP contribution in [0.25, 0.3) is 0 Å². The summed E-state index contributed by atoms with van der Waals surface area (Å²) < 4.78 is 30.8. The summed E-state index contributed by atoms with van der Waals surface area (Å²) in [6.07, 6.45) is 3.05. The van der Waals surface area contributed by atoms with Crippen LogP contribution in [0.4, 0.5) is 0 Å². The number of carbonyl (C=O) groups excluding carboxylic acids is 1. The fraction of sp³-hybridized carbons (Fsp3) is 0.333. The van der Waals surface area contributed by atoms with Gasteiger partial charge in [-0.1, -0.05) is 0 Å². The van der Waals surface area contributed by atoms with Gasteiger partial charge in [-0.3, -0.25) is 9.78 Å². The van der Waals surface area contributed by atoms with Crippen LogP contribution in [0.5, 0.6) is 0 Å². The average molecular weight is 282 g/mol. The van der Waals surface area contributed by atoms with E-state index in [-0.39, 0.29) is 70.3 Å². The van der Waals surface area contributed by atoms with Gasteiger partial charge in [0.2, 0.25) is 0 Å². The average Bonchev–Trinajstić information content (AvgIpc) is 2.24. The number of rotatable bonds is 5. The molecule has 0 saturated carbocycles. The molecule has 0 bridgehead atoms. The van der Waals surface area contributed by atoms with Crippen molar-refractivity contribution in [3.63, 3.8) is 0 Å². The molecule has 0 aromatic carbocycles. The molecule has 1 aromatic heterocycles. The minimum atomic E-state index is -4.20. The molecule has 88 valence electrons. The number of aromatic nitrogens is 1. The predicted octanol–water partition coefficient (Wildman–Crippen LogP) is -3.25. The van der Waals surface area contributed by atoms with Crippen molar-refractivity contribution in [1.29, 1.82) is 0 Å². The van der Waals surface area contributed by atoms with Crippen molar-refractivity contribution in [2.45, 2.75) is 6.42 Å². The Hall–Kier alpha value is 0.166. The molecule has 17 heavy (non-hydrogen) atoms. The Labute approximate surface area is 142 Å². The topological polar surface area (TPSA) is 99.2 Å². The predicted molar refractivity (Wildman–Crippen MR) is 55.8 cm³/mol. The zero-order valence-corrected chi connectivity index (χ0v) is 13.4. The second-order valence-corrected chi connectivity index (χ2v) is 4.64. The zero-order chi connectivity index (χ0) is 12.0. The van der Waals surface area contributed by atoms with Crippen LogP contribution in [0.3, 0.4) is 0 Å². The molecule has 1 aromatic rings. The smallest absolute Gasteiger partial charge is 0.748 e. The van der Waals surface area contributed by atoms with E-state index < -0.39 is 15.9 Å². The monoisotopic (exact) mass is 282 g/mol. The summed E-state index contributed by atoms with van der Waals surface area (Å²) in [6.45, 7) is 0.148. The second kappa shape index (κ2) is 8.30. The molecule has 0 saturated heterocycles. The fourth-order valence-electron chi connectivity index (χ4n) is 1.05. The van der Waals surface area contributed by atoms with E-state index >= 15 is 0 Å². The largest absolute Gasteiger partial charge is 1.00 e. The number of hydrogen-bond donors (Lipinski definition) is 1. The van der Waals surface area contributed by atoms with E-state index in [2.05, 4.69) is 10.3 Å². The van der Waals surface area contributed by atoms with Crippen molar-refractivity contribution in [2.75, 3.05) is 12.3 Å². The molecule has 0 aliphatic carbocycles. The van der Waals surface area contributed by atoms with Crippen LogP contribution in [-0.4, -0.2) is 36.2 Å². The second-order valence-electron chi connectivity index (χ2n) is 3.11. The van der Waals surface area contributed by atoms with E-state index in [0.29, 0.717) is 5.56 Å². The first-order valence-corrected chi connectivity index (χ1v) is 6.18. The summed E-state index contributed by atoms with van der Waals surface area (Å²) in [5.74, 6) is -0.809. The summed E-state index contributed by atoms with van der Waals surface area (Å²) in [6, 6.07) is 3.21. The number of hydrogen-bond acceptors (Lipinski definition) is 5. The van der Waals surface area contributed by atoms with E-state index in [4.69, 9.17) is 0 Å². The zero-order valence-electron chi connectivity index (χ0n) is 9.42. The molecule has 8 heteroatoms. The van der Waals surface area contributed by atoms with Crippen molar-refractivity contribution in [2.24, 2.45) is 0 Å². The van der Waals surface area contributed by atoms with Crippen molar-refractivity contribution in [1.82, 2.24) is 10.3 Å². The standard InChI is InChI=1S/C9H12N2O4S.K/c12-9(8-3-1-4-10-7-8)11-5-2-6-16(13,14)15;/h1,3-4,7H,2,5-6H2,(H,11,12)(H,13,14,15);/q;+1/p-1. The van der Waals surface area contributed by atoms with Gasteiger partial charge in [0.1, 0.15) is 0 Å². The van der Waals surface area contributed by atoms with Crippen molar-refractivity contribution in [3.8, 4) is 0 Å². The molecule has 0 fully saturated rings. The maximum absolute atomic E-state index is 11.4. The number of carbonyl (C=O) groups is 1. The summed E-state index contributed by atoms with van der Waals surface area (Å²) >= 11 is 0. The summed E-state index contributed by atoms with van der Waals surface area (Å²) in [7, 11) is -4.20. The minimum Gasteiger partial charge on any atom is -0.748 e. The van der Waals surface area contributed by atoms with Crippen LogP contribution >= 0.6 is 0 Å². The van der Waals surface area contributed by atoms with Gasteiger partial charge < -0.3 is 9.87 Å². The first-order chi connectivity index (χ1) is 7.49. The Morgan fingerprint density at radius 1 is 1.47 bits per heavy atom. The molecule has 0 spiro atoms. The third-order valence-corrected chi connectivity index (χ3v) is 2.57. The number of nitrogens with zero attached hydrogens (tertiary/aromatic N) is 1. The van der Waals surface area contributed by atoms with E-state index in [1.807, 2.05) is 0 Å². The number of amides is 1. The molecular formula is C9H11KN2O4S. The SMILES string of the molecule is O=C(NCCCS(=O)(=O)[O-])c1cccnc1.[K+]. The summed E-state index contributed by atoms with van der Waals surface area (Å²) in [4.78, 5) is 15.2. The van der Waals surface area contributed by atoms with Gasteiger partial charge in [-0.15, -0.1) is 0 Å². The van der Waals surface area contributed by atoms with Crippen LogP contribution in [0.15, 0.2) is 24.5 Å². The van der Waals surface area contributed by atoms with Crippen molar-refractivity contribution >= 4 is 16.0 Å². The molecule has 0 aliphatic heterocycles. The van der Waals surface area contributed by atoms with Crippen LogP contribution in [-0.2, 0) is 10.1 Å². The first kappa shape index (κ1) is 17.2. The molecule has 6 nitrogen and oxygen atoms in total. The molecular weight excluding hydrogens is 271 g/mol. The molecule has 1 amide bonds. The van der Waals surface area contributed by atoms with Crippen molar-refractivity contribution in [3.05, 3.63) is 30.1 Å². The summed E-state index contributed by atoms with van der Waals surface area (Å²) in [5, 5.41) is 2.49. The Morgan fingerprint density at radius 3 is 2.71 bits per heavy atom. The molecule has 1 N–H and O–H groups in total. The molecule has 1 heterocycles. The third-order valence-electron chi connectivity index (χ3n) is 1.78. The van der Waals surface area contributed by atoms with Gasteiger partial charge in [0.25, 0.3) is 5.91 Å². The third kappa shape index (κ3) is 7.98. The Kier molecular flexibility index (Phi) is 8.38. The Morgan fingerprint density at radius 2 is 2.18 bits per heavy atom. The van der Waals surface area contributed by atoms with Crippen LogP contribution in [0.1, 0.15) is 16.8 Å². The van der Waals surface area contributed by atoms with E-state index in [0.717, 1.165) is 0 Å². The van der Waals surface area contributed by atoms with Gasteiger partial charge in [-0.05, 0) is 18.6 Å². The van der Waals surface area contributed by atoms with E-state index in [1.165, 1.54) is 6.20 Å². The number of pyridine rings is 1. The van der Waals surface area contributed by atoms with Gasteiger partial charge in [-0.2, -0.15) is 0 Å². The first-order valence-electron chi connectivity index (χ1n) is 4.61. The molecule has 0 unspecified atom stereocenters. The van der Waals surface area contributed by atoms with Crippen molar-refractivity contribution < 1.29 is 69.1 Å².